The Balaban J connectivity index is 4.46. The zero-order valence-corrected chi connectivity index (χ0v) is 32.8. The number of aliphatic hydroxyl groups is 2. The van der Waals surface area contributed by atoms with Crippen LogP contribution in [0.15, 0.2) is 0 Å². The molecule has 0 aromatic rings. The predicted octanol–water partition coefficient (Wildman–Crippen LogP) is 9.18. The average Bonchev–Trinajstić information content (AvgIpc) is 3.09. The van der Waals surface area contributed by atoms with E-state index in [2.05, 4.69) is 18.4 Å². The zero-order chi connectivity index (χ0) is 37.1. The molecule has 0 aromatic heterocycles. The third kappa shape index (κ3) is 32.8. The summed E-state index contributed by atoms with van der Waals surface area (Å²) in [6, 6.07) is 0. The van der Waals surface area contributed by atoms with Crippen LogP contribution < -0.4 is 5.73 Å². The molecule has 1 unspecified atom stereocenters. The summed E-state index contributed by atoms with van der Waals surface area (Å²) in [6.45, 7) is 2.67. The number of ether oxygens (including phenoxy) is 2. The van der Waals surface area contributed by atoms with Crippen molar-refractivity contribution in [2.45, 2.75) is 212 Å². The van der Waals surface area contributed by atoms with Crippen LogP contribution in [0, 0.1) is 0 Å². The highest BCUT2D eigenvalue weighted by molar-refractivity contribution is 7.47. The number of rotatable bonds is 38. The fraction of sp³-hybridized carbons (Fsp3) is 0.947. The van der Waals surface area contributed by atoms with Crippen molar-refractivity contribution in [3.05, 3.63) is 0 Å². The van der Waals surface area contributed by atoms with Gasteiger partial charge in [0.15, 0.2) is 12.3 Å². The molecule has 0 aliphatic rings. The Labute approximate surface area is 304 Å². The lowest BCUT2D eigenvalue weighted by atomic mass is 10.0. The molecule has 0 amide bonds. The van der Waals surface area contributed by atoms with Crippen molar-refractivity contribution in [3.8, 4) is 0 Å². The van der Waals surface area contributed by atoms with Gasteiger partial charge in [-0.2, -0.15) is 0 Å². The topological polar surface area (TPSA) is 175 Å². The molecule has 0 bridgehead atoms. The normalized spacial score (nSPS) is 14.6. The lowest BCUT2D eigenvalue weighted by Gasteiger charge is -2.25. The van der Waals surface area contributed by atoms with E-state index in [1.54, 1.807) is 0 Å². The van der Waals surface area contributed by atoms with Crippen LogP contribution in [0.25, 0.3) is 0 Å². The van der Waals surface area contributed by atoms with E-state index in [0.29, 0.717) is 12.8 Å². The van der Waals surface area contributed by atoms with E-state index >= 15 is 0 Å². The molecule has 0 heterocycles. The Morgan fingerprint density at radius 2 is 0.960 bits per heavy atom. The maximum Gasteiger partial charge on any atom is 0.473 e. The first kappa shape index (κ1) is 48.9. The third-order valence-electron chi connectivity index (χ3n) is 8.92. The molecule has 12 heteroatoms. The molecule has 0 radical (unpaired) electrons. The number of nitrogens with two attached hydrogens (primary N) is 1. The van der Waals surface area contributed by atoms with E-state index in [9.17, 15) is 24.2 Å². The number of phosphoric acid groups is 1. The second kappa shape index (κ2) is 35.0. The largest absolute Gasteiger partial charge is 0.473 e. The van der Waals surface area contributed by atoms with E-state index in [1.165, 1.54) is 116 Å². The number of hydrogen-bond donors (Lipinski definition) is 4. The van der Waals surface area contributed by atoms with Gasteiger partial charge in [0.05, 0.1) is 13.2 Å². The molecule has 11 nitrogen and oxygen atoms in total. The number of phosphoric ester groups is 1. The lowest BCUT2D eigenvalue weighted by Crippen LogP contribution is -2.43. The number of carbonyl (C=O) groups excluding carboxylic acids is 2. The van der Waals surface area contributed by atoms with Gasteiger partial charge in [0.1, 0.15) is 12.7 Å². The molecule has 298 valence electrons. The van der Waals surface area contributed by atoms with Gasteiger partial charge in [-0.05, 0) is 12.8 Å². The first-order valence-electron chi connectivity index (χ1n) is 20.2. The number of aliphatic hydroxyl groups excluding tert-OH is 2. The van der Waals surface area contributed by atoms with Crippen molar-refractivity contribution >= 4 is 19.8 Å². The van der Waals surface area contributed by atoms with Gasteiger partial charge in [0.25, 0.3) is 0 Å². The van der Waals surface area contributed by atoms with E-state index in [0.717, 1.165) is 38.5 Å². The first-order valence-corrected chi connectivity index (χ1v) is 21.7. The molecule has 0 saturated carbocycles. The zero-order valence-electron chi connectivity index (χ0n) is 31.9. The van der Waals surface area contributed by atoms with E-state index in [1.807, 2.05) is 0 Å². The molecule has 4 atom stereocenters. The van der Waals surface area contributed by atoms with Crippen molar-refractivity contribution in [3.63, 3.8) is 0 Å². The van der Waals surface area contributed by atoms with Gasteiger partial charge in [0.2, 0.25) is 0 Å². The van der Waals surface area contributed by atoms with Crippen LogP contribution in [0.4, 0.5) is 0 Å². The Morgan fingerprint density at radius 3 is 1.34 bits per heavy atom. The molecule has 0 aliphatic carbocycles. The summed E-state index contributed by atoms with van der Waals surface area (Å²) in [7, 11) is -4.78. The van der Waals surface area contributed by atoms with Crippen LogP contribution in [0.5, 0.6) is 0 Å². The summed E-state index contributed by atoms with van der Waals surface area (Å²) >= 11 is 0. The lowest BCUT2D eigenvalue weighted by molar-refractivity contribution is -0.165. The van der Waals surface area contributed by atoms with Crippen LogP contribution in [0.3, 0.4) is 0 Å². The Bertz CT molecular complexity index is 833. The fourth-order valence-corrected chi connectivity index (χ4v) is 6.59. The van der Waals surface area contributed by atoms with Gasteiger partial charge in [-0.3, -0.25) is 18.6 Å². The van der Waals surface area contributed by atoms with Crippen LogP contribution in [-0.2, 0) is 32.7 Å². The molecule has 0 aliphatic heterocycles. The van der Waals surface area contributed by atoms with Crippen molar-refractivity contribution in [2.24, 2.45) is 5.73 Å². The van der Waals surface area contributed by atoms with E-state index in [4.69, 9.17) is 24.8 Å². The van der Waals surface area contributed by atoms with Gasteiger partial charge in [0, 0.05) is 12.8 Å². The maximum atomic E-state index is 12.6. The monoisotopic (exact) mass is 738 g/mol. The number of hydrogen-bond acceptors (Lipinski definition) is 10. The summed E-state index contributed by atoms with van der Waals surface area (Å²) in [5.74, 6) is -1.05. The van der Waals surface area contributed by atoms with Crippen LogP contribution >= 0.6 is 7.82 Å². The molecule has 50 heavy (non-hydrogen) atoms. The molecule has 0 aromatic carbocycles. The van der Waals surface area contributed by atoms with Crippen molar-refractivity contribution in [2.75, 3.05) is 19.8 Å². The Kier molecular flexibility index (Phi) is 34.2. The highest BCUT2D eigenvalue weighted by atomic mass is 31.2. The molecular weight excluding hydrogens is 661 g/mol. The predicted molar refractivity (Wildman–Crippen MR) is 199 cm³/mol. The first-order chi connectivity index (χ1) is 24.1. The number of unbranched alkanes of at least 4 members (excludes halogenated alkanes) is 24. The summed E-state index contributed by atoms with van der Waals surface area (Å²) < 4.78 is 32.7. The SMILES string of the molecule is CCCCCCCCCCCCCCCC(=O)OC[C@@H](OC(=O)CCCCCCCCCCCCCCC)[C@@H](N)OP(=O)(O)OC[C@@H](O)CO. The second-order valence-electron chi connectivity index (χ2n) is 13.9. The standard InChI is InChI=1S/C38H76NO10P/c1-3-5-7-9-11-13-15-17-19-21-23-25-27-29-36(42)46-33-35(38(39)49-50(44,45)47-32-34(41)31-40)48-37(43)30-28-26-24-22-20-18-16-14-12-10-8-6-4-2/h34-35,38,40-41H,3-33,39H2,1-2H3,(H,44,45)/t34-,35+,38-/m0/s1. The maximum absolute atomic E-state index is 12.6. The van der Waals surface area contributed by atoms with Crippen LogP contribution in [0.1, 0.15) is 194 Å². The van der Waals surface area contributed by atoms with Crippen molar-refractivity contribution < 1.29 is 47.8 Å². The van der Waals surface area contributed by atoms with Gasteiger partial charge < -0.3 is 30.3 Å². The van der Waals surface area contributed by atoms with Crippen molar-refractivity contribution in [1.29, 1.82) is 0 Å². The minimum atomic E-state index is -4.78. The molecule has 0 spiro atoms. The second-order valence-corrected chi connectivity index (χ2v) is 15.3. The smallest absolute Gasteiger partial charge is 0.462 e. The third-order valence-corrected chi connectivity index (χ3v) is 9.91. The Morgan fingerprint density at radius 1 is 0.600 bits per heavy atom. The van der Waals surface area contributed by atoms with Gasteiger partial charge in [-0.1, -0.05) is 168 Å². The van der Waals surface area contributed by atoms with Crippen LogP contribution in [0.2, 0.25) is 0 Å². The molecule has 0 rings (SSSR count). The van der Waals surface area contributed by atoms with E-state index in [-0.39, 0.29) is 12.8 Å². The summed E-state index contributed by atoms with van der Waals surface area (Å²) in [5.41, 5.74) is 5.96. The van der Waals surface area contributed by atoms with Crippen molar-refractivity contribution in [1.82, 2.24) is 0 Å². The van der Waals surface area contributed by atoms with Gasteiger partial charge in [-0.25, -0.2) is 4.57 Å². The van der Waals surface area contributed by atoms with E-state index < -0.39 is 58.0 Å². The number of esters is 2. The number of carbonyl (C=O) groups is 2. The average molecular weight is 738 g/mol. The van der Waals surface area contributed by atoms with Gasteiger partial charge >= 0.3 is 19.8 Å². The van der Waals surface area contributed by atoms with Gasteiger partial charge in [-0.15, -0.1) is 0 Å². The molecule has 5 N–H and O–H groups in total. The highest BCUT2D eigenvalue weighted by Crippen LogP contribution is 2.44. The Hall–Kier alpha value is -1.07. The minimum absolute atomic E-state index is 0.129. The minimum Gasteiger partial charge on any atom is -0.462 e. The van der Waals surface area contributed by atoms with Crippen LogP contribution in [-0.4, -0.2) is 65.3 Å². The summed E-state index contributed by atoms with van der Waals surface area (Å²) in [4.78, 5) is 35.1. The molecule has 0 saturated heterocycles. The molecular formula is C38H76NO10P. The quantitative estimate of drug-likeness (QED) is 0.0206. The fourth-order valence-electron chi connectivity index (χ4n) is 5.73. The summed E-state index contributed by atoms with van der Waals surface area (Å²) in [5, 5.41) is 18.3. The highest BCUT2D eigenvalue weighted by Gasteiger charge is 2.33. The summed E-state index contributed by atoms with van der Waals surface area (Å²) in [6.07, 6.45) is 26.7. The molecule has 0 fully saturated rings.